The lowest BCUT2D eigenvalue weighted by atomic mass is 9.95. The van der Waals surface area contributed by atoms with E-state index < -0.39 is 0 Å². The van der Waals surface area contributed by atoms with Crippen LogP contribution in [-0.2, 0) is 0 Å². The fourth-order valence-electron chi connectivity index (χ4n) is 2.03. The molecule has 0 aliphatic rings. The van der Waals surface area contributed by atoms with Crippen LogP contribution in [-0.4, -0.2) is 31.9 Å². The predicted molar refractivity (Wildman–Crippen MR) is 71.7 cm³/mol. The van der Waals surface area contributed by atoms with Gasteiger partial charge in [-0.05, 0) is 44.4 Å². The van der Waals surface area contributed by atoms with Crippen molar-refractivity contribution in [1.29, 1.82) is 0 Å². The van der Waals surface area contributed by atoms with Gasteiger partial charge in [0.2, 0.25) is 0 Å². The molecule has 2 aromatic heterocycles. The second kappa shape index (κ2) is 4.94. The molecule has 18 heavy (non-hydrogen) atoms. The van der Waals surface area contributed by atoms with Crippen molar-refractivity contribution in [2.75, 3.05) is 11.9 Å². The van der Waals surface area contributed by atoms with Gasteiger partial charge in [0.1, 0.15) is 12.1 Å². The first-order valence-electron chi connectivity index (χ1n) is 6.27. The van der Waals surface area contributed by atoms with Gasteiger partial charge in [-0.2, -0.15) is 9.61 Å². The first-order chi connectivity index (χ1) is 8.58. The van der Waals surface area contributed by atoms with E-state index in [1.165, 1.54) is 0 Å². The Bertz CT molecular complexity index is 537. The number of aromatic nitrogens is 3. The molecule has 2 N–H and O–H groups in total. The number of fused-ring (bicyclic) bond motifs is 1. The molecular weight excluding hydrogens is 228 g/mol. The standard InChI is InChI=1S/C13H20N4O/c1-4-13(3,5-6-18)16-12-8-10(2)7-11-14-9-15-17(11)12/h7-9,16,18H,4-6H2,1-3H3. The van der Waals surface area contributed by atoms with Gasteiger partial charge in [-0.25, -0.2) is 4.98 Å². The van der Waals surface area contributed by atoms with Crippen LogP contribution in [0.4, 0.5) is 5.82 Å². The van der Waals surface area contributed by atoms with Crippen molar-refractivity contribution >= 4 is 11.5 Å². The summed E-state index contributed by atoms with van der Waals surface area (Å²) in [5, 5.41) is 16.9. The number of aryl methyl sites for hydroxylation is 1. The lowest BCUT2D eigenvalue weighted by Gasteiger charge is -2.30. The number of anilines is 1. The highest BCUT2D eigenvalue weighted by molar-refractivity contribution is 5.52. The summed E-state index contributed by atoms with van der Waals surface area (Å²) >= 11 is 0. The molecule has 1 unspecified atom stereocenters. The zero-order chi connectivity index (χ0) is 13.2. The molecular formula is C13H20N4O. The van der Waals surface area contributed by atoms with E-state index in [2.05, 4.69) is 29.2 Å². The number of hydrogen-bond acceptors (Lipinski definition) is 4. The number of nitrogens with zero attached hydrogens (tertiary/aromatic N) is 3. The van der Waals surface area contributed by atoms with E-state index in [0.29, 0.717) is 6.42 Å². The fourth-order valence-corrected chi connectivity index (χ4v) is 2.03. The number of aliphatic hydroxyl groups excluding tert-OH is 1. The molecule has 0 radical (unpaired) electrons. The molecule has 2 aromatic rings. The Hall–Kier alpha value is -1.62. The van der Waals surface area contributed by atoms with Gasteiger partial charge in [0, 0.05) is 12.1 Å². The molecule has 5 nitrogen and oxygen atoms in total. The van der Waals surface area contributed by atoms with Crippen LogP contribution in [0.25, 0.3) is 5.65 Å². The topological polar surface area (TPSA) is 62.5 Å². The maximum atomic E-state index is 9.16. The van der Waals surface area contributed by atoms with Gasteiger partial charge in [0.25, 0.3) is 0 Å². The number of hydrogen-bond donors (Lipinski definition) is 2. The van der Waals surface area contributed by atoms with E-state index in [-0.39, 0.29) is 12.1 Å². The van der Waals surface area contributed by atoms with Gasteiger partial charge in [-0.15, -0.1) is 0 Å². The van der Waals surface area contributed by atoms with Crippen molar-refractivity contribution in [3.8, 4) is 0 Å². The van der Waals surface area contributed by atoms with Crippen LogP contribution in [0.15, 0.2) is 18.5 Å². The quantitative estimate of drug-likeness (QED) is 0.849. The molecule has 0 saturated carbocycles. The minimum absolute atomic E-state index is 0.137. The monoisotopic (exact) mass is 248 g/mol. The molecule has 0 saturated heterocycles. The average Bonchev–Trinajstić information content (AvgIpc) is 2.77. The Morgan fingerprint density at radius 3 is 2.89 bits per heavy atom. The Balaban J connectivity index is 2.38. The van der Waals surface area contributed by atoms with Crippen LogP contribution in [0.1, 0.15) is 32.3 Å². The summed E-state index contributed by atoms with van der Waals surface area (Å²) < 4.78 is 1.79. The Labute approximate surface area is 107 Å². The number of pyridine rings is 1. The van der Waals surface area contributed by atoms with E-state index in [9.17, 15) is 0 Å². The first kappa shape index (κ1) is 12.8. The van der Waals surface area contributed by atoms with E-state index in [0.717, 1.165) is 23.4 Å². The summed E-state index contributed by atoms with van der Waals surface area (Å²) in [5.74, 6) is 0.917. The summed E-state index contributed by atoms with van der Waals surface area (Å²) in [5.41, 5.74) is 1.84. The van der Waals surface area contributed by atoms with E-state index >= 15 is 0 Å². The van der Waals surface area contributed by atoms with E-state index in [1.807, 2.05) is 19.1 Å². The predicted octanol–water partition coefficient (Wildman–Crippen LogP) is 2.00. The van der Waals surface area contributed by atoms with Gasteiger partial charge in [0.15, 0.2) is 5.65 Å². The maximum Gasteiger partial charge on any atom is 0.157 e. The second-order valence-electron chi connectivity index (χ2n) is 4.96. The summed E-state index contributed by atoms with van der Waals surface area (Å²) in [6.07, 6.45) is 3.18. The van der Waals surface area contributed by atoms with Crippen molar-refractivity contribution in [2.45, 2.75) is 39.2 Å². The largest absolute Gasteiger partial charge is 0.396 e. The summed E-state index contributed by atoms with van der Waals surface area (Å²) in [4.78, 5) is 4.20. The fraction of sp³-hybridized carbons (Fsp3) is 0.538. The second-order valence-corrected chi connectivity index (χ2v) is 4.96. The van der Waals surface area contributed by atoms with Crippen LogP contribution < -0.4 is 5.32 Å². The van der Waals surface area contributed by atoms with Crippen molar-refractivity contribution in [3.05, 3.63) is 24.0 Å². The van der Waals surface area contributed by atoms with Crippen molar-refractivity contribution in [1.82, 2.24) is 14.6 Å². The van der Waals surface area contributed by atoms with Crippen LogP contribution in [0.2, 0.25) is 0 Å². The number of aliphatic hydroxyl groups is 1. The van der Waals surface area contributed by atoms with Crippen molar-refractivity contribution in [3.63, 3.8) is 0 Å². The molecule has 0 aliphatic carbocycles. The third-order valence-electron chi connectivity index (χ3n) is 3.40. The maximum absolute atomic E-state index is 9.16. The molecule has 0 aliphatic heterocycles. The molecule has 5 heteroatoms. The van der Waals surface area contributed by atoms with Crippen LogP contribution in [0.5, 0.6) is 0 Å². The number of nitrogens with one attached hydrogen (secondary N) is 1. The molecule has 0 fully saturated rings. The highest BCUT2D eigenvalue weighted by atomic mass is 16.3. The number of rotatable bonds is 5. The van der Waals surface area contributed by atoms with Gasteiger partial charge >= 0.3 is 0 Å². The van der Waals surface area contributed by atoms with E-state index in [1.54, 1.807) is 10.8 Å². The van der Waals surface area contributed by atoms with Gasteiger partial charge in [-0.1, -0.05) is 6.92 Å². The minimum Gasteiger partial charge on any atom is -0.396 e. The smallest absolute Gasteiger partial charge is 0.157 e. The average molecular weight is 248 g/mol. The minimum atomic E-state index is -0.137. The molecule has 0 amide bonds. The molecule has 1 atom stereocenters. The molecule has 2 heterocycles. The highest BCUT2D eigenvalue weighted by Gasteiger charge is 2.22. The third kappa shape index (κ3) is 2.46. The summed E-state index contributed by atoms with van der Waals surface area (Å²) in [6.45, 7) is 6.42. The normalized spacial score (nSPS) is 14.7. The molecule has 0 bridgehead atoms. The van der Waals surface area contributed by atoms with Gasteiger partial charge in [-0.3, -0.25) is 0 Å². The first-order valence-corrected chi connectivity index (χ1v) is 6.27. The Morgan fingerprint density at radius 2 is 2.22 bits per heavy atom. The van der Waals surface area contributed by atoms with Crippen LogP contribution in [0, 0.1) is 6.92 Å². The zero-order valence-electron chi connectivity index (χ0n) is 11.1. The summed E-state index contributed by atoms with van der Waals surface area (Å²) in [7, 11) is 0. The zero-order valence-corrected chi connectivity index (χ0v) is 11.1. The molecule has 0 spiro atoms. The summed E-state index contributed by atoms with van der Waals surface area (Å²) in [6, 6.07) is 4.04. The SMILES string of the molecule is CCC(C)(CCO)Nc1cc(C)cc2ncnn12. The van der Waals surface area contributed by atoms with Crippen molar-refractivity contribution < 1.29 is 5.11 Å². The van der Waals surface area contributed by atoms with Crippen molar-refractivity contribution in [2.24, 2.45) is 0 Å². The Morgan fingerprint density at radius 1 is 1.44 bits per heavy atom. The lowest BCUT2D eigenvalue weighted by Crippen LogP contribution is -2.35. The molecule has 0 aromatic carbocycles. The van der Waals surface area contributed by atoms with Crippen LogP contribution in [0.3, 0.4) is 0 Å². The Kier molecular flexibility index (Phi) is 3.52. The third-order valence-corrected chi connectivity index (χ3v) is 3.40. The van der Waals surface area contributed by atoms with Crippen LogP contribution >= 0.6 is 0 Å². The lowest BCUT2D eigenvalue weighted by molar-refractivity contribution is 0.251. The molecule has 98 valence electrons. The van der Waals surface area contributed by atoms with E-state index in [4.69, 9.17) is 5.11 Å². The molecule has 2 rings (SSSR count). The van der Waals surface area contributed by atoms with Gasteiger partial charge < -0.3 is 10.4 Å². The van der Waals surface area contributed by atoms with Gasteiger partial charge in [0.05, 0.1) is 0 Å². The highest BCUT2D eigenvalue weighted by Crippen LogP contribution is 2.22.